The highest BCUT2D eigenvalue weighted by molar-refractivity contribution is 5.85. The van der Waals surface area contributed by atoms with E-state index in [9.17, 15) is 0 Å². The Morgan fingerprint density at radius 2 is 1.96 bits per heavy atom. The van der Waals surface area contributed by atoms with Crippen LogP contribution < -0.4 is 0 Å². The summed E-state index contributed by atoms with van der Waals surface area (Å²) in [4.78, 5) is 19.4. The topological polar surface area (TPSA) is 62.6 Å². The lowest BCUT2D eigenvalue weighted by atomic mass is 9.91. The van der Waals surface area contributed by atoms with Crippen molar-refractivity contribution in [2.75, 3.05) is 13.1 Å². The molecule has 2 aliphatic rings. The van der Waals surface area contributed by atoms with Crippen LogP contribution in [0.15, 0.2) is 36.8 Å². The first-order valence-corrected chi connectivity index (χ1v) is 9.88. The largest absolute Gasteiger partial charge is 0.343 e. The highest BCUT2D eigenvalue weighted by Crippen LogP contribution is 2.29. The molecule has 0 spiro atoms. The van der Waals surface area contributed by atoms with Gasteiger partial charge < -0.3 is 9.55 Å². The van der Waals surface area contributed by atoms with E-state index in [1.165, 1.54) is 30.6 Å². The van der Waals surface area contributed by atoms with E-state index in [1.807, 2.05) is 6.20 Å². The molecule has 0 saturated heterocycles. The van der Waals surface area contributed by atoms with Gasteiger partial charge in [0.2, 0.25) is 0 Å². The molecule has 6 rings (SSSR count). The molecule has 6 nitrogen and oxygen atoms in total. The number of aromatic nitrogens is 5. The van der Waals surface area contributed by atoms with E-state index < -0.39 is 0 Å². The van der Waals surface area contributed by atoms with Gasteiger partial charge in [0.25, 0.3) is 0 Å². The maximum absolute atomic E-state index is 4.99. The van der Waals surface area contributed by atoms with Crippen LogP contribution in [0, 0.1) is 0 Å². The summed E-state index contributed by atoms with van der Waals surface area (Å²) in [5.74, 6) is 1.23. The maximum atomic E-state index is 4.99. The zero-order valence-electron chi connectivity index (χ0n) is 15.2. The SMILES string of the molecule is c1nc2ncc(-c3ccc4c(c3)nc3n4CCN(C4CCC4)CC3)cc2[nH]1. The van der Waals surface area contributed by atoms with Gasteiger partial charge in [0.05, 0.1) is 22.9 Å². The summed E-state index contributed by atoms with van der Waals surface area (Å²) >= 11 is 0. The summed E-state index contributed by atoms with van der Waals surface area (Å²) in [5.41, 5.74) is 6.29. The monoisotopic (exact) mass is 358 g/mol. The number of nitrogens with zero attached hydrogens (tertiary/aromatic N) is 5. The third-order valence-electron chi connectivity index (χ3n) is 6.26. The zero-order valence-corrected chi connectivity index (χ0v) is 15.2. The van der Waals surface area contributed by atoms with Crippen LogP contribution in [-0.2, 0) is 13.0 Å². The van der Waals surface area contributed by atoms with Gasteiger partial charge in [-0.15, -0.1) is 0 Å². The van der Waals surface area contributed by atoms with E-state index >= 15 is 0 Å². The van der Waals surface area contributed by atoms with Crippen molar-refractivity contribution in [2.24, 2.45) is 0 Å². The van der Waals surface area contributed by atoms with Crippen LogP contribution >= 0.6 is 0 Å². The minimum atomic E-state index is 0.754. The Hall–Kier alpha value is -2.73. The van der Waals surface area contributed by atoms with Crippen LogP contribution in [0.5, 0.6) is 0 Å². The molecule has 4 aromatic rings. The van der Waals surface area contributed by atoms with Gasteiger partial charge in [0.15, 0.2) is 5.65 Å². The summed E-state index contributed by atoms with van der Waals surface area (Å²) in [5, 5.41) is 0. The van der Waals surface area contributed by atoms with Crippen molar-refractivity contribution >= 4 is 22.2 Å². The predicted molar refractivity (Wildman–Crippen MR) is 106 cm³/mol. The second kappa shape index (κ2) is 5.89. The summed E-state index contributed by atoms with van der Waals surface area (Å²) < 4.78 is 2.42. The molecule has 0 atom stereocenters. The third-order valence-corrected chi connectivity index (χ3v) is 6.26. The second-order valence-corrected chi connectivity index (χ2v) is 7.75. The predicted octanol–water partition coefficient (Wildman–Crippen LogP) is 3.39. The summed E-state index contributed by atoms with van der Waals surface area (Å²) in [6, 6.07) is 9.52. The highest BCUT2D eigenvalue weighted by atomic mass is 15.2. The van der Waals surface area contributed by atoms with Gasteiger partial charge in [-0.05, 0) is 36.6 Å². The van der Waals surface area contributed by atoms with Crippen LogP contribution in [0.4, 0.5) is 0 Å². The maximum Gasteiger partial charge on any atom is 0.177 e. The van der Waals surface area contributed by atoms with E-state index in [0.717, 1.165) is 59.9 Å². The Balaban J connectivity index is 1.35. The number of pyridine rings is 1. The molecule has 0 bridgehead atoms. The second-order valence-electron chi connectivity index (χ2n) is 7.75. The standard InChI is InChI=1S/C21H22N6/c1-2-16(3-1)26-7-6-20-25-17-10-14(4-5-19(17)27(20)9-8-26)15-11-18-21(22-12-15)24-13-23-18/h4-5,10-13,16H,1-3,6-9H2,(H,22,23,24). The molecular weight excluding hydrogens is 336 g/mol. The number of hydrogen-bond acceptors (Lipinski definition) is 4. The van der Waals surface area contributed by atoms with Gasteiger partial charge in [-0.25, -0.2) is 15.0 Å². The first-order valence-electron chi connectivity index (χ1n) is 9.88. The number of aromatic amines is 1. The van der Waals surface area contributed by atoms with Gasteiger partial charge >= 0.3 is 0 Å². The molecule has 1 N–H and O–H groups in total. The first-order chi connectivity index (χ1) is 13.3. The van der Waals surface area contributed by atoms with Crippen molar-refractivity contribution < 1.29 is 0 Å². The van der Waals surface area contributed by atoms with Crippen LogP contribution in [0.2, 0.25) is 0 Å². The lowest BCUT2D eigenvalue weighted by Gasteiger charge is -2.36. The van der Waals surface area contributed by atoms with E-state index in [0.29, 0.717) is 0 Å². The molecule has 136 valence electrons. The summed E-state index contributed by atoms with van der Waals surface area (Å²) in [7, 11) is 0. The first kappa shape index (κ1) is 15.3. The Kier molecular flexibility index (Phi) is 3.35. The van der Waals surface area contributed by atoms with Gasteiger partial charge in [0, 0.05) is 43.9 Å². The van der Waals surface area contributed by atoms with Gasteiger partial charge in [-0.2, -0.15) is 0 Å². The van der Waals surface area contributed by atoms with Gasteiger partial charge in [0.1, 0.15) is 5.82 Å². The number of rotatable bonds is 2. The Bertz CT molecular complexity index is 1140. The van der Waals surface area contributed by atoms with Crippen molar-refractivity contribution in [1.29, 1.82) is 0 Å². The van der Waals surface area contributed by atoms with E-state index in [1.54, 1.807) is 6.33 Å². The smallest absolute Gasteiger partial charge is 0.177 e. The zero-order chi connectivity index (χ0) is 17.8. The summed E-state index contributed by atoms with van der Waals surface area (Å²) in [6.07, 6.45) is 8.77. The molecule has 1 aliphatic heterocycles. The van der Waals surface area contributed by atoms with E-state index in [2.05, 4.69) is 48.7 Å². The minimum Gasteiger partial charge on any atom is -0.343 e. The fraction of sp³-hybridized carbons (Fsp3) is 0.381. The molecule has 6 heteroatoms. The number of hydrogen-bond donors (Lipinski definition) is 1. The molecule has 3 aromatic heterocycles. The van der Waals surface area contributed by atoms with Crippen molar-refractivity contribution in [1.82, 2.24) is 29.4 Å². The number of H-pyrrole nitrogens is 1. The minimum absolute atomic E-state index is 0.754. The highest BCUT2D eigenvalue weighted by Gasteiger charge is 2.27. The summed E-state index contributed by atoms with van der Waals surface area (Å²) in [6.45, 7) is 3.33. The number of imidazole rings is 2. The fourth-order valence-corrected chi connectivity index (χ4v) is 4.49. The molecule has 1 aliphatic carbocycles. The van der Waals surface area contributed by atoms with Crippen molar-refractivity contribution in [2.45, 2.75) is 38.3 Å². The molecule has 27 heavy (non-hydrogen) atoms. The molecular formula is C21H22N6. The molecule has 1 saturated carbocycles. The fourth-order valence-electron chi connectivity index (χ4n) is 4.49. The van der Waals surface area contributed by atoms with Crippen LogP contribution in [0.25, 0.3) is 33.3 Å². The van der Waals surface area contributed by atoms with E-state index in [4.69, 9.17) is 4.98 Å². The molecule has 0 radical (unpaired) electrons. The number of nitrogens with one attached hydrogen (secondary N) is 1. The van der Waals surface area contributed by atoms with Crippen molar-refractivity contribution in [3.8, 4) is 11.1 Å². The van der Waals surface area contributed by atoms with Crippen LogP contribution in [-0.4, -0.2) is 48.5 Å². The number of fused-ring (bicyclic) bond motifs is 4. The third kappa shape index (κ3) is 2.47. The number of benzene rings is 1. The van der Waals surface area contributed by atoms with Crippen LogP contribution in [0.1, 0.15) is 25.1 Å². The molecule has 0 unspecified atom stereocenters. The molecule has 4 heterocycles. The molecule has 1 fully saturated rings. The normalized spacial score (nSPS) is 18.5. The lowest BCUT2D eigenvalue weighted by molar-refractivity contribution is 0.130. The van der Waals surface area contributed by atoms with E-state index in [-0.39, 0.29) is 0 Å². The Labute approximate surface area is 157 Å². The van der Waals surface area contributed by atoms with Crippen LogP contribution in [0.3, 0.4) is 0 Å². The average Bonchev–Trinajstić information content (AvgIpc) is 3.20. The molecule has 0 amide bonds. The average molecular weight is 358 g/mol. The van der Waals surface area contributed by atoms with Gasteiger partial charge in [-0.1, -0.05) is 12.5 Å². The quantitative estimate of drug-likeness (QED) is 0.597. The van der Waals surface area contributed by atoms with Crippen molar-refractivity contribution in [3.63, 3.8) is 0 Å². The van der Waals surface area contributed by atoms with Crippen molar-refractivity contribution in [3.05, 3.63) is 42.6 Å². The lowest BCUT2D eigenvalue weighted by Crippen LogP contribution is -2.41. The Morgan fingerprint density at radius 3 is 2.85 bits per heavy atom. The molecule has 1 aromatic carbocycles. The van der Waals surface area contributed by atoms with Gasteiger partial charge in [-0.3, -0.25) is 4.90 Å². The Morgan fingerprint density at radius 1 is 1.00 bits per heavy atom.